The maximum atomic E-state index is 13.7. The van der Waals surface area contributed by atoms with Gasteiger partial charge in [0.1, 0.15) is 17.5 Å². The minimum Gasteiger partial charge on any atom is -0.444 e. The van der Waals surface area contributed by atoms with Crippen LogP contribution in [-0.4, -0.2) is 42.1 Å². The van der Waals surface area contributed by atoms with Gasteiger partial charge < -0.3 is 15.4 Å². The number of nitrogen functional groups attached to an aromatic ring is 1. The Morgan fingerprint density at radius 3 is 2.67 bits per heavy atom. The monoisotopic (exact) mass is 337 g/mol. The third kappa shape index (κ3) is 3.96. The number of anilines is 2. The number of likely N-dealkylation sites (N-methyl/N-ethyl adjacent to an activating group) is 1. The normalized spacial score (nSPS) is 18.5. The van der Waals surface area contributed by atoms with Crippen LogP contribution in [0.2, 0.25) is 0 Å². The molecule has 2 rings (SSSR count). The van der Waals surface area contributed by atoms with E-state index in [1.54, 1.807) is 33.9 Å². The standard InChI is InChI=1S/C17H24FN3O3/c1-17(2,3)24-16(23)20(4)14-6-5-9-21(15(14)22)11-7-8-13(19)12(18)10-11/h7-8,10,14H,5-6,9,19H2,1-4H3. The van der Waals surface area contributed by atoms with Gasteiger partial charge in [-0.05, 0) is 51.8 Å². The fraction of sp³-hybridized carbons (Fsp3) is 0.529. The van der Waals surface area contributed by atoms with Crippen molar-refractivity contribution in [1.29, 1.82) is 0 Å². The number of rotatable bonds is 2. The number of carbonyl (C=O) groups excluding carboxylic acids is 2. The molecule has 6 nitrogen and oxygen atoms in total. The molecule has 1 heterocycles. The van der Waals surface area contributed by atoms with Gasteiger partial charge >= 0.3 is 6.09 Å². The Labute approximate surface area is 141 Å². The fourth-order valence-corrected chi connectivity index (χ4v) is 2.62. The number of nitrogens with zero attached hydrogens (tertiary/aromatic N) is 2. The minimum absolute atomic E-state index is 0.0330. The first kappa shape index (κ1) is 18.0. The number of carbonyl (C=O) groups is 2. The summed E-state index contributed by atoms with van der Waals surface area (Å²) in [5.74, 6) is -0.818. The number of nitrogens with two attached hydrogens (primary N) is 1. The number of amides is 2. The molecule has 0 aromatic heterocycles. The number of benzene rings is 1. The average Bonchev–Trinajstić information content (AvgIpc) is 2.48. The molecule has 1 unspecified atom stereocenters. The summed E-state index contributed by atoms with van der Waals surface area (Å²) in [4.78, 5) is 27.8. The van der Waals surface area contributed by atoms with Crippen LogP contribution >= 0.6 is 0 Å². The summed E-state index contributed by atoms with van der Waals surface area (Å²) in [7, 11) is 1.55. The highest BCUT2D eigenvalue weighted by Crippen LogP contribution is 2.26. The predicted molar refractivity (Wildman–Crippen MR) is 90.2 cm³/mol. The van der Waals surface area contributed by atoms with Crippen molar-refractivity contribution in [3.8, 4) is 0 Å². The van der Waals surface area contributed by atoms with Crippen molar-refractivity contribution in [1.82, 2.24) is 4.90 Å². The molecule has 2 amide bonds. The van der Waals surface area contributed by atoms with Gasteiger partial charge in [0.2, 0.25) is 5.91 Å². The van der Waals surface area contributed by atoms with Crippen LogP contribution in [0.25, 0.3) is 0 Å². The topological polar surface area (TPSA) is 75.9 Å². The van der Waals surface area contributed by atoms with E-state index < -0.39 is 23.6 Å². The van der Waals surface area contributed by atoms with E-state index in [-0.39, 0.29) is 11.6 Å². The lowest BCUT2D eigenvalue weighted by molar-refractivity contribution is -0.124. The first-order valence-electron chi connectivity index (χ1n) is 7.92. The van der Waals surface area contributed by atoms with Gasteiger partial charge in [0, 0.05) is 19.3 Å². The maximum Gasteiger partial charge on any atom is 0.410 e. The predicted octanol–water partition coefficient (Wildman–Crippen LogP) is 2.77. The first-order valence-corrected chi connectivity index (χ1v) is 7.92. The molecule has 1 fully saturated rings. The van der Waals surface area contributed by atoms with Gasteiger partial charge in [-0.2, -0.15) is 0 Å². The SMILES string of the molecule is CN(C(=O)OC(C)(C)C)C1CCCN(c2ccc(N)c(F)c2)C1=O. The third-order valence-corrected chi connectivity index (χ3v) is 3.86. The Morgan fingerprint density at radius 2 is 2.08 bits per heavy atom. The van der Waals surface area contributed by atoms with E-state index in [1.165, 1.54) is 21.9 Å². The summed E-state index contributed by atoms with van der Waals surface area (Å²) >= 11 is 0. The average molecular weight is 337 g/mol. The zero-order valence-corrected chi connectivity index (χ0v) is 14.5. The van der Waals surface area contributed by atoms with Gasteiger partial charge in [0.05, 0.1) is 5.69 Å². The number of halogens is 1. The van der Waals surface area contributed by atoms with Crippen molar-refractivity contribution in [3.63, 3.8) is 0 Å². The van der Waals surface area contributed by atoms with Crippen molar-refractivity contribution in [2.45, 2.75) is 45.3 Å². The lowest BCUT2D eigenvalue weighted by atomic mass is 10.0. The Morgan fingerprint density at radius 1 is 1.42 bits per heavy atom. The Kier molecular flexibility index (Phi) is 5.01. The molecular weight excluding hydrogens is 313 g/mol. The molecule has 1 saturated heterocycles. The van der Waals surface area contributed by atoms with Crippen LogP contribution in [0.1, 0.15) is 33.6 Å². The van der Waals surface area contributed by atoms with Crippen molar-refractivity contribution < 1.29 is 18.7 Å². The molecular formula is C17H24FN3O3. The summed E-state index contributed by atoms with van der Waals surface area (Å²) in [6, 6.07) is 3.64. The van der Waals surface area contributed by atoms with Gasteiger partial charge in [-0.25, -0.2) is 9.18 Å². The molecule has 0 saturated carbocycles. The molecule has 1 aromatic rings. The molecule has 0 radical (unpaired) electrons. The van der Waals surface area contributed by atoms with Crippen LogP contribution in [-0.2, 0) is 9.53 Å². The van der Waals surface area contributed by atoms with Crippen LogP contribution in [0.15, 0.2) is 18.2 Å². The lowest BCUT2D eigenvalue weighted by Gasteiger charge is -2.37. The van der Waals surface area contributed by atoms with Gasteiger partial charge in [-0.15, -0.1) is 0 Å². The molecule has 0 aliphatic carbocycles. The second-order valence-electron chi connectivity index (χ2n) is 6.94. The first-order chi connectivity index (χ1) is 11.1. The zero-order chi connectivity index (χ0) is 18.1. The zero-order valence-electron chi connectivity index (χ0n) is 14.5. The summed E-state index contributed by atoms with van der Waals surface area (Å²) in [6.07, 6.45) is 0.698. The van der Waals surface area contributed by atoms with Crippen LogP contribution in [0.3, 0.4) is 0 Å². The molecule has 132 valence electrons. The number of hydrogen-bond donors (Lipinski definition) is 1. The maximum absolute atomic E-state index is 13.7. The molecule has 7 heteroatoms. The second-order valence-corrected chi connectivity index (χ2v) is 6.94. The molecule has 1 atom stereocenters. The van der Waals surface area contributed by atoms with Crippen LogP contribution in [0.5, 0.6) is 0 Å². The molecule has 24 heavy (non-hydrogen) atoms. The van der Waals surface area contributed by atoms with E-state index >= 15 is 0 Å². The third-order valence-electron chi connectivity index (χ3n) is 3.86. The highest BCUT2D eigenvalue weighted by molar-refractivity contribution is 5.99. The van der Waals surface area contributed by atoms with E-state index in [1.807, 2.05) is 0 Å². The Bertz CT molecular complexity index is 642. The fourth-order valence-electron chi connectivity index (χ4n) is 2.62. The van der Waals surface area contributed by atoms with E-state index in [4.69, 9.17) is 10.5 Å². The minimum atomic E-state index is -0.636. The van der Waals surface area contributed by atoms with Crippen molar-refractivity contribution in [2.24, 2.45) is 0 Å². The van der Waals surface area contributed by atoms with E-state index in [2.05, 4.69) is 0 Å². The quantitative estimate of drug-likeness (QED) is 0.842. The Hall–Kier alpha value is -2.31. The summed E-state index contributed by atoms with van der Waals surface area (Å²) < 4.78 is 19.0. The largest absolute Gasteiger partial charge is 0.444 e. The molecule has 1 aromatic carbocycles. The second kappa shape index (κ2) is 6.67. The molecule has 0 bridgehead atoms. The van der Waals surface area contributed by atoms with E-state index in [0.717, 1.165) is 0 Å². The molecule has 1 aliphatic heterocycles. The highest BCUT2D eigenvalue weighted by Gasteiger charge is 2.36. The summed E-state index contributed by atoms with van der Waals surface area (Å²) in [5.41, 5.74) is 5.31. The van der Waals surface area contributed by atoms with Gasteiger partial charge in [-0.1, -0.05) is 0 Å². The van der Waals surface area contributed by atoms with Gasteiger partial charge in [-0.3, -0.25) is 9.69 Å². The van der Waals surface area contributed by atoms with Gasteiger partial charge in [0.15, 0.2) is 0 Å². The number of hydrogen-bond acceptors (Lipinski definition) is 4. The van der Waals surface area contributed by atoms with Crippen LogP contribution in [0.4, 0.5) is 20.6 Å². The van der Waals surface area contributed by atoms with Crippen molar-refractivity contribution in [2.75, 3.05) is 24.2 Å². The highest BCUT2D eigenvalue weighted by atomic mass is 19.1. The van der Waals surface area contributed by atoms with Crippen molar-refractivity contribution in [3.05, 3.63) is 24.0 Å². The van der Waals surface area contributed by atoms with Crippen LogP contribution in [0, 0.1) is 5.82 Å². The molecule has 1 aliphatic rings. The van der Waals surface area contributed by atoms with E-state index in [9.17, 15) is 14.0 Å². The molecule has 0 spiro atoms. The van der Waals surface area contributed by atoms with Crippen molar-refractivity contribution >= 4 is 23.4 Å². The lowest BCUT2D eigenvalue weighted by Crippen LogP contribution is -2.53. The van der Waals surface area contributed by atoms with Crippen LogP contribution < -0.4 is 10.6 Å². The molecule has 2 N–H and O–H groups in total. The van der Waals surface area contributed by atoms with Gasteiger partial charge in [0.25, 0.3) is 0 Å². The summed E-state index contributed by atoms with van der Waals surface area (Å²) in [5, 5.41) is 0. The van der Waals surface area contributed by atoms with E-state index in [0.29, 0.717) is 25.1 Å². The number of piperidine rings is 1. The Balaban J connectivity index is 2.17. The smallest absolute Gasteiger partial charge is 0.410 e. The number of ether oxygens (including phenoxy) is 1. The summed E-state index contributed by atoms with van der Waals surface area (Å²) in [6.45, 7) is 5.78.